The lowest BCUT2D eigenvalue weighted by atomic mass is 10.1. The summed E-state index contributed by atoms with van der Waals surface area (Å²) in [6.07, 6.45) is 3.01. The molecule has 84 valence electrons. The molecule has 0 heterocycles. The number of nitro benzene ring substituents is 1. The lowest BCUT2D eigenvalue weighted by Crippen LogP contribution is -2.01. The van der Waals surface area contributed by atoms with E-state index in [9.17, 15) is 10.1 Å². The second-order valence-corrected chi connectivity index (χ2v) is 3.86. The zero-order chi connectivity index (χ0) is 12.1. The molecule has 0 saturated heterocycles. The Morgan fingerprint density at radius 2 is 2.31 bits per heavy atom. The molecule has 0 atom stereocenters. The first-order chi connectivity index (χ1) is 7.56. The third-order valence-electron chi connectivity index (χ3n) is 1.87. The van der Waals surface area contributed by atoms with Crippen molar-refractivity contribution in [3.63, 3.8) is 0 Å². The Kier molecular flexibility index (Phi) is 4.19. The molecule has 1 aromatic rings. The van der Waals surface area contributed by atoms with E-state index in [2.05, 4.69) is 20.9 Å². The van der Waals surface area contributed by atoms with Gasteiger partial charge in [-0.25, -0.2) is 0 Å². The minimum atomic E-state index is -0.467. The van der Waals surface area contributed by atoms with Crippen molar-refractivity contribution in [3.8, 4) is 0 Å². The largest absolute Gasteiger partial charge is 0.398 e. The summed E-state index contributed by atoms with van der Waals surface area (Å²) in [5, 5.41) is 10.8. The normalized spacial score (nSPS) is 12.0. The number of allylic oxidation sites excluding steroid dienone is 1. The molecule has 0 spiro atoms. The van der Waals surface area contributed by atoms with Crippen molar-refractivity contribution < 1.29 is 4.92 Å². The van der Waals surface area contributed by atoms with Gasteiger partial charge in [0.25, 0.3) is 5.69 Å². The second-order valence-electron chi connectivity index (χ2n) is 2.95. The van der Waals surface area contributed by atoms with Gasteiger partial charge in [-0.05, 0) is 18.2 Å². The number of hydrogen-bond donors (Lipinski definition) is 1. The molecule has 1 rings (SSSR count). The van der Waals surface area contributed by atoms with Crippen LogP contribution in [0.2, 0.25) is 0 Å². The zero-order valence-corrected chi connectivity index (χ0v) is 10.1. The van der Waals surface area contributed by atoms with E-state index in [0.717, 1.165) is 4.47 Å². The predicted molar refractivity (Wildman–Crippen MR) is 67.4 cm³/mol. The first-order valence-electron chi connectivity index (χ1n) is 4.38. The van der Waals surface area contributed by atoms with E-state index in [1.165, 1.54) is 18.4 Å². The van der Waals surface area contributed by atoms with Crippen LogP contribution in [-0.4, -0.2) is 18.2 Å². The first kappa shape index (κ1) is 12.4. The fourth-order valence-corrected chi connectivity index (χ4v) is 1.50. The number of nitrogens with zero attached hydrogens (tertiary/aromatic N) is 2. The molecule has 0 radical (unpaired) electrons. The number of halogens is 1. The third kappa shape index (κ3) is 2.90. The van der Waals surface area contributed by atoms with E-state index in [1.54, 1.807) is 19.2 Å². The molecule has 0 unspecified atom stereocenters. The van der Waals surface area contributed by atoms with E-state index in [0.29, 0.717) is 11.3 Å². The van der Waals surface area contributed by atoms with Gasteiger partial charge in [-0.2, -0.15) is 0 Å². The molecule has 0 amide bonds. The Morgan fingerprint density at radius 1 is 1.62 bits per heavy atom. The Hall–Kier alpha value is -1.69. The summed E-state index contributed by atoms with van der Waals surface area (Å²) >= 11 is 3.24. The molecular formula is C10H10BrN3O2. The molecule has 0 aromatic heterocycles. The van der Waals surface area contributed by atoms with Crippen LogP contribution in [0.5, 0.6) is 0 Å². The summed E-state index contributed by atoms with van der Waals surface area (Å²) in [5.74, 6) is 0. The zero-order valence-electron chi connectivity index (χ0n) is 8.55. The first-order valence-corrected chi connectivity index (χ1v) is 5.17. The van der Waals surface area contributed by atoms with Gasteiger partial charge < -0.3 is 5.73 Å². The lowest BCUT2D eigenvalue weighted by Gasteiger charge is -2.03. The summed E-state index contributed by atoms with van der Waals surface area (Å²) in [6, 6.07) is 4.61. The van der Waals surface area contributed by atoms with Crippen LogP contribution in [0.25, 0.3) is 5.70 Å². The van der Waals surface area contributed by atoms with Crippen LogP contribution in [0.4, 0.5) is 5.69 Å². The van der Waals surface area contributed by atoms with Crippen molar-refractivity contribution >= 4 is 33.5 Å². The molecule has 0 aliphatic rings. The predicted octanol–water partition coefficient (Wildman–Crippen LogP) is 2.36. The summed E-state index contributed by atoms with van der Waals surface area (Å²) < 4.78 is 0.734. The van der Waals surface area contributed by atoms with E-state index in [-0.39, 0.29) is 5.69 Å². The van der Waals surface area contributed by atoms with E-state index in [4.69, 9.17) is 5.73 Å². The average molecular weight is 284 g/mol. The number of rotatable bonds is 3. The summed E-state index contributed by atoms with van der Waals surface area (Å²) in [5.41, 5.74) is 6.39. The standard InChI is InChI=1S/C10H10BrN3O2/c1-13-5-4-9(12)8-6-7(11)2-3-10(8)14(15)16/h2-6H,12H2,1H3/b9-4-,13-5?. The van der Waals surface area contributed by atoms with Gasteiger partial charge >= 0.3 is 0 Å². The topological polar surface area (TPSA) is 81.5 Å². The fourth-order valence-electron chi connectivity index (χ4n) is 1.14. The molecule has 5 nitrogen and oxygen atoms in total. The minimum absolute atomic E-state index is 0.0264. The quantitative estimate of drug-likeness (QED) is 0.525. The van der Waals surface area contributed by atoms with Crippen LogP contribution in [0.15, 0.2) is 33.7 Å². The molecular weight excluding hydrogens is 274 g/mol. The van der Waals surface area contributed by atoms with Crippen molar-refractivity contribution in [1.82, 2.24) is 0 Å². The minimum Gasteiger partial charge on any atom is -0.398 e. The lowest BCUT2D eigenvalue weighted by molar-refractivity contribution is -0.385. The molecule has 0 fully saturated rings. The maximum Gasteiger partial charge on any atom is 0.278 e. The summed E-state index contributed by atoms with van der Waals surface area (Å²) in [4.78, 5) is 14.1. The maximum absolute atomic E-state index is 10.8. The fraction of sp³-hybridized carbons (Fsp3) is 0.100. The third-order valence-corrected chi connectivity index (χ3v) is 2.36. The van der Waals surface area contributed by atoms with Crippen molar-refractivity contribution in [3.05, 3.63) is 44.4 Å². The smallest absolute Gasteiger partial charge is 0.278 e. The van der Waals surface area contributed by atoms with Crippen LogP contribution in [0.1, 0.15) is 5.56 Å². The van der Waals surface area contributed by atoms with Gasteiger partial charge in [-0.1, -0.05) is 15.9 Å². The number of hydrogen-bond acceptors (Lipinski definition) is 4. The Morgan fingerprint density at radius 3 is 2.88 bits per heavy atom. The van der Waals surface area contributed by atoms with Gasteiger partial charge in [0.05, 0.1) is 10.5 Å². The number of aliphatic imine (C=N–C) groups is 1. The van der Waals surface area contributed by atoms with Crippen molar-refractivity contribution in [2.75, 3.05) is 7.05 Å². The molecule has 0 aliphatic heterocycles. The number of benzene rings is 1. The molecule has 0 bridgehead atoms. The van der Waals surface area contributed by atoms with E-state index in [1.807, 2.05) is 0 Å². The van der Waals surface area contributed by atoms with Crippen LogP contribution in [0.3, 0.4) is 0 Å². The van der Waals surface area contributed by atoms with E-state index < -0.39 is 4.92 Å². The number of nitrogens with two attached hydrogens (primary N) is 1. The highest BCUT2D eigenvalue weighted by Crippen LogP contribution is 2.26. The molecule has 0 aliphatic carbocycles. The maximum atomic E-state index is 10.8. The highest BCUT2D eigenvalue weighted by atomic mass is 79.9. The van der Waals surface area contributed by atoms with Gasteiger partial charge in [0, 0.05) is 29.5 Å². The highest BCUT2D eigenvalue weighted by molar-refractivity contribution is 9.10. The summed E-state index contributed by atoms with van der Waals surface area (Å²) in [6.45, 7) is 0. The SMILES string of the molecule is CN=C/C=C(\N)c1cc(Br)ccc1[N+](=O)[O-]. The van der Waals surface area contributed by atoms with Crippen molar-refractivity contribution in [2.45, 2.75) is 0 Å². The summed E-state index contributed by atoms with van der Waals surface area (Å²) in [7, 11) is 1.60. The Bertz CT molecular complexity index is 469. The van der Waals surface area contributed by atoms with Gasteiger partial charge in [0.15, 0.2) is 0 Å². The monoisotopic (exact) mass is 283 g/mol. The molecule has 0 saturated carbocycles. The van der Waals surface area contributed by atoms with Crippen LogP contribution in [0, 0.1) is 10.1 Å². The molecule has 2 N–H and O–H groups in total. The van der Waals surface area contributed by atoms with Crippen LogP contribution in [-0.2, 0) is 0 Å². The number of nitro groups is 1. The van der Waals surface area contributed by atoms with Gasteiger partial charge in [-0.15, -0.1) is 0 Å². The van der Waals surface area contributed by atoms with Crippen LogP contribution < -0.4 is 5.73 Å². The second kappa shape index (κ2) is 5.41. The Balaban J connectivity index is 3.29. The van der Waals surface area contributed by atoms with Crippen LogP contribution >= 0.6 is 15.9 Å². The van der Waals surface area contributed by atoms with Gasteiger partial charge in [-0.3, -0.25) is 15.1 Å². The molecule has 6 heteroatoms. The van der Waals surface area contributed by atoms with Crippen molar-refractivity contribution in [2.24, 2.45) is 10.7 Å². The Labute approximate surface area is 101 Å². The molecule has 16 heavy (non-hydrogen) atoms. The average Bonchev–Trinajstić information content (AvgIpc) is 2.25. The van der Waals surface area contributed by atoms with Gasteiger partial charge in [0.2, 0.25) is 0 Å². The van der Waals surface area contributed by atoms with Crippen molar-refractivity contribution in [1.29, 1.82) is 0 Å². The molecule has 1 aromatic carbocycles. The van der Waals surface area contributed by atoms with E-state index >= 15 is 0 Å². The highest BCUT2D eigenvalue weighted by Gasteiger charge is 2.15. The van der Waals surface area contributed by atoms with Gasteiger partial charge in [0.1, 0.15) is 0 Å².